The van der Waals surface area contributed by atoms with Gasteiger partial charge in [0.25, 0.3) is 0 Å². The van der Waals surface area contributed by atoms with E-state index in [1.54, 1.807) is 19.3 Å². The van der Waals surface area contributed by atoms with Crippen molar-refractivity contribution in [1.29, 1.82) is 0 Å². The van der Waals surface area contributed by atoms with Gasteiger partial charge in [0, 0.05) is 37.4 Å². The molecule has 0 aliphatic rings. The molecule has 0 atom stereocenters. The number of pyridine rings is 1. The molecular weight excluding hydrogens is 416 g/mol. The van der Waals surface area contributed by atoms with Crippen LogP contribution in [0.3, 0.4) is 0 Å². The Labute approximate surface area is 191 Å². The molecule has 1 N–H and O–H groups in total. The second kappa shape index (κ2) is 9.52. The maximum Gasteiger partial charge on any atom is 0.335 e. The molecule has 2 aromatic heterocycles. The first-order chi connectivity index (χ1) is 16.0. The molecule has 0 fully saturated rings. The molecule has 0 amide bonds. The molecule has 2 heterocycles. The minimum absolute atomic E-state index is 0.213. The van der Waals surface area contributed by atoms with Crippen molar-refractivity contribution < 1.29 is 0 Å². The highest BCUT2D eigenvalue weighted by molar-refractivity contribution is 5.63. The lowest BCUT2D eigenvalue weighted by Crippen LogP contribution is -2.49. The van der Waals surface area contributed by atoms with Crippen molar-refractivity contribution in [2.45, 2.75) is 26.9 Å². The van der Waals surface area contributed by atoms with Gasteiger partial charge in [0.1, 0.15) is 0 Å². The van der Waals surface area contributed by atoms with E-state index < -0.39 is 11.4 Å². The van der Waals surface area contributed by atoms with Gasteiger partial charge in [-0.2, -0.15) is 0 Å². The van der Waals surface area contributed by atoms with Gasteiger partial charge in [0.05, 0.1) is 12.2 Å². The molecule has 0 saturated carbocycles. The summed E-state index contributed by atoms with van der Waals surface area (Å²) in [6.45, 7) is 4.36. The summed E-state index contributed by atoms with van der Waals surface area (Å²) in [5.74, 6) is 0. The monoisotopic (exact) mass is 442 g/mol. The van der Waals surface area contributed by atoms with Crippen LogP contribution >= 0.6 is 0 Å². The van der Waals surface area contributed by atoms with Gasteiger partial charge in [-0.1, -0.05) is 29.8 Å². The first kappa shape index (κ1) is 22.0. The molecule has 0 unspecified atom stereocenters. The molecule has 168 valence electrons. The fourth-order valence-electron chi connectivity index (χ4n) is 3.53. The van der Waals surface area contributed by atoms with E-state index in [0.29, 0.717) is 12.2 Å². The number of anilines is 2. The number of hydrogen-bond acceptors (Lipinski definition) is 5. The molecule has 0 aliphatic carbocycles. The van der Waals surface area contributed by atoms with Gasteiger partial charge < -0.3 is 4.90 Å². The highest BCUT2D eigenvalue weighted by atomic mass is 16.2. The van der Waals surface area contributed by atoms with Crippen molar-refractivity contribution in [1.82, 2.24) is 19.1 Å². The van der Waals surface area contributed by atoms with Crippen LogP contribution in [0.25, 0.3) is 0 Å². The van der Waals surface area contributed by atoms with Gasteiger partial charge in [-0.15, -0.1) is 0 Å². The maximum atomic E-state index is 13.0. The largest absolute Gasteiger partial charge is 0.345 e. The Bertz CT molecular complexity index is 1420. The summed E-state index contributed by atoms with van der Waals surface area (Å²) in [5.41, 5.74) is 4.04. The quantitative estimate of drug-likeness (QED) is 0.497. The molecule has 8 nitrogen and oxygen atoms in total. The number of nitrogens with one attached hydrogen (secondary N) is 1. The molecule has 4 rings (SSSR count). The van der Waals surface area contributed by atoms with Crippen molar-refractivity contribution in [2.75, 3.05) is 11.9 Å². The molecule has 0 saturated heterocycles. The summed E-state index contributed by atoms with van der Waals surface area (Å²) in [7, 11) is 1.97. The number of aryl methyl sites for hydroxylation is 1. The Morgan fingerprint density at radius 1 is 0.909 bits per heavy atom. The zero-order valence-electron chi connectivity index (χ0n) is 18.9. The average Bonchev–Trinajstić information content (AvgIpc) is 2.83. The highest BCUT2D eigenvalue weighted by Gasteiger charge is 2.09. The summed E-state index contributed by atoms with van der Waals surface area (Å²) < 4.78 is 2.66. The van der Waals surface area contributed by atoms with Crippen LogP contribution in [-0.4, -0.2) is 26.1 Å². The van der Waals surface area contributed by atoms with E-state index >= 15 is 0 Å². The van der Waals surface area contributed by atoms with Crippen molar-refractivity contribution in [2.24, 2.45) is 4.99 Å². The third-order valence-electron chi connectivity index (χ3n) is 5.48. The van der Waals surface area contributed by atoms with Gasteiger partial charge in [0.2, 0.25) is 5.62 Å². The van der Waals surface area contributed by atoms with Gasteiger partial charge in [-0.05, 0) is 55.8 Å². The van der Waals surface area contributed by atoms with Crippen molar-refractivity contribution >= 4 is 17.1 Å². The lowest BCUT2D eigenvalue weighted by molar-refractivity contribution is 0.541. The first-order valence-electron chi connectivity index (χ1n) is 10.7. The predicted octanol–water partition coefficient (Wildman–Crippen LogP) is 3.11. The fraction of sp³-hybridized carbons (Fsp3) is 0.200. The molecule has 0 radical (unpaired) electrons. The van der Waals surface area contributed by atoms with Crippen LogP contribution in [0.15, 0.2) is 87.6 Å². The minimum Gasteiger partial charge on any atom is -0.345 e. The summed E-state index contributed by atoms with van der Waals surface area (Å²) in [5, 5.41) is 0. The van der Waals surface area contributed by atoms with E-state index in [-0.39, 0.29) is 12.2 Å². The predicted molar refractivity (Wildman–Crippen MR) is 129 cm³/mol. The zero-order chi connectivity index (χ0) is 23.4. The fourth-order valence-corrected chi connectivity index (χ4v) is 3.53. The number of nitrogens with zero attached hydrogens (tertiary/aromatic N) is 5. The highest BCUT2D eigenvalue weighted by Crippen LogP contribution is 2.24. The van der Waals surface area contributed by atoms with Crippen LogP contribution in [0.4, 0.5) is 17.1 Å². The smallest absolute Gasteiger partial charge is 0.335 e. The molecular formula is C25H26N6O2. The zero-order valence-corrected chi connectivity index (χ0v) is 18.9. The number of H-pyrrole nitrogens is 1. The van der Waals surface area contributed by atoms with Crippen molar-refractivity contribution in [3.05, 3.63) is 111 Å². The molecule has 0 spiro atoms. The third kappa shape index (κ3) is 4.85. The second-order valence-corrected chi connectivity index (χ2v) is 7.74. The summed E-state index contributed by atoms with van der Waals surface area (Å²) in [6, 6.07) is 19.4. The van der Waals surface area contributed by atoms with Gasteiger partial charge in [-0.25, -0.2) is 19.1 Å². The van der Waals surface area contributed by atoms with Gasteiger partial charge >= 0.3 is 11.4 Å². The number of rotatable bonds is 6. The molecule has 33 heavy (non-hydrogen) atoms. The molecule has 4 aromatic rings. The van der Waals surface area contributed by atoms with Crippen LogP contribution in [0, 0.1) is 6.92 Å². The van der Waals surface area contributed by atoms with Crippen LogP contribution < -0.4 is 21.9 Å². The van der Waals surface area contributed by atoms with Crippen LogP contribution in [0.2, 0.25) is 0 Å². The molecule has 0 aliphatic heterocycles. The van der Waals surface area contributed by atoms with E-state index in [9.17, 15) is 9.59 Å². The summed E-state index contributed by atoms with van der Waals surface area (Å²) in [6.07, 6.45) is 3.49. The third-order valence-corrected chi connectivity index (χ3v) is 5.48. The summed E-state index contributed by atoms with van der Waals surface area (Å²) >= 11 is 0. The standard InChI is InChI=1S/C25H26N6O2/c1-4-30-24(32)28-23(31(25(30)33)17-19-7-5-18(2)6-8-19)27-20-9-11-21(12-10-20)29(3)22-13-15-26-16-14-22/h5-16H,4,17H2,1-3H3,(H,27,28,32). The van der Waals surface area contributed by atoms with Crippen LogP contribution in [-0.2, 0) is 13.1 Å². The number of hydrogen-bond donors (Lipinski definition) is 1. The topological polar surface area (TPSA) is 88.3 Å². The SMILES string of the molecule is CCn1c(=O)[nH]/c(=N\c2ccc(N(C)c3ccncc3)cc2)n(Cc2ccc(C)cc2)c1=O. The summed E-state index contributed by atoms with van der Waals surface area (Å²) in [4.78, 5) is 38.9. The van der Waals surface area contributed by atoms with Gasteiger partial charge in [0.15, 0.2) is 0 Å². The molecule has 0 bridgehead atoms. The van der Waals surface area contributed by atoms with E-state index in [4.69, 9.17) is 0 Å². The minimum atomic E-state index is -0.476. The van der Waals surface area contributed by atoms with E-state index in [0.717, 1.165) is 22.5 Å². The Balaban J connectivity index is 1.74. The van der Waals surface area contributed by atoms with Gasteiger partial charge in [-0.3, -0.25) is 14.5 Å². The lowest BCUT2D eigenvalue weighted by Gasteiger charge is -2.19. The van der Waals surface area contributed by atoms with E-state index in [1.807, 2.05) is 79.5 Å². The number of benzene rings is 2. The first-order valence-corrected chi connectivity index (χ1v) is 10.7. The van der Waals surface area contributed by atoms with Crippen molar-refractivity contribution in [3.63, 3.8) is 0 Å². The van der Waals surface area contributed by atoms with Crippen LogP contribution in [0.1, 0.15) is 18.1 Å². The number of aromatic amines is 1. The maximum absolute atomic E-state index is 13.0. The lowest BCUT2D eigenvalue weighted by atomic mass is 10.1. The normalized spacial score (nSPS) is 11.5. The van der Waals surface area contributed by atoms with E-state index in [2.05, 4.69) is 15.0 Å². The molecule has 8 heteroatoms. The Kier molecular flexibility index (Phi) is 6.35. The Hall–Kier alpha value is -4.20. The van der Waals surface area contributed by atoms with Crippen molar-refractivity contribution in [3.8, 4) is 0 Å². The van der Waals surface area contributed by atoms with Crippen LogP contribution in [0.5, 0.6) is 0 Å². The molecule has 2 aromatic carbocycles. The van der Waals surface area contributed by atoms with E-state index in [1.165, 1.54) is 9.13 Å². The Morgan fingerprint density at radius 2 is 1.55 bits per heavy atom. The number of aromatic nitrogens is 4. The second-order valence-electron chi connectivity index (χ2n) is 7.74. The average molecular weight is 443 g/mol. The Morgan fingerprint density at radius 3 is 2.18 bits per heavy atom.